The number of ether oxygens (including phenoxy) is 1. The summed E-state index contributed by atoms with van der Waals surface area (Å²) in [5.74, 6) is 0.717. The third-order valence-electron chi connectivity index (χ3n) is 6.71. The maximum Gasteiger partial charge on any atom is 0.409 e. The van der Waals surface area contributed by atoms with E-state index in [1.165, 1.54) is 5.56 Å². The minimum Gasteiger partial charge on any atom is -0.411 e. The number of carbonyl (C=O) groups excluding carboxylic acids is 2. The fraction of sp³-hybridized carbons (Fsp3) is 0.440. The molecule has 0 unspecified atom stereocenters. The Kier molecular flexibility index (Phi) is 6.56. The summed E-state index contributed by atoms with van der Waals surface area (Å²) in [5, 5.41) is 0. The summed E-state index contributed by atoms with van der Waals surface area (Å²) < 4.78 is 4.87. The van der Waals surface area contributed by atoms with Gasteiger partial charge in [0.05, 0.1) is 5.41 Å². The van der Waals surface area contributed by atoms with Gasteiger partial charge in [-0.25, -0.2) is 4.79 Å². The van der Waals surface area contributed by atoms with E-state index in [4.69, 9.17) is 10.5 Å². The molecule has 0 bridgehead atoms. The summed E-state index contributed by atoms with van der Waals surface area (Å²) in [7, 11) is 0. The lowest BCUT2D eigenvalue weighted by molar-refractivity contribution is -0.138. The zero-order valence-corrected chi connectivity index (χ0v) is 18.0. The average molecular weight is 422 g/mol. The van der Waals surface area contributed by atoms with Crippen LogP contribution in [0.3, 0.4) is 0 Å². The number of benzene rings is 2. The second kappa shape index (κ2) is 9.52. The van der Waals surface area contributed by atoms with Gasteiger partial charge in [0, 0.05) is 13.1 Å². The van der Waals surface area contributed by atoms with Crippen LogP contribution in [-0.2, 0) is 17.8 Å². The molecule has 6 nitrogen and oxygen atoms in total. The highest BCUT2D eigenvalue weighted by Gasteiger charge is 2.47. The summed E-state index contributed by atoms with van der Waals surface area (Å²) in [4.78, 5) is 28.6. The number of hydrogen-bond acceptors (Lipinski definition) is 4. The quantitative estimate of drug-likeness (QED) is 0.741. The van der Waals surface area contributed by atoms with Crippen LogP contribution in [0.4, 0.5) is 4.79 Å². The van der Waals surface area contributed by atoms with Gasteiger partial charge < -0.3 is 20.3 Å². The third kappa shape index (κ3) is 5.25. The van der Waals surface area contributed by atoms with Crippen molar-refractivity contribution in [2.45, 2.75) is 38.6 Å². The fourth-order valence-corrected chi connectivity index (χ4v) is 4.86. The van der Waals surface area contributed by atoms with E-state index in [-0.39, 0.29) is 5.41 Å². The van der Waals surface area contributed by atoms with Crippen LogP contribution in [0.2, 0.25) is 0 Å². The number of nitrogens with two attached hydrogens (primary N) is 1. The van der Waals surface area contributed by atoms with E-state index < -0.39 is 6.09 Å². The van der Waals surface area contributed by atoms with Crippen molar-refractivity contribution >= 4 is 12.0 Å². The van der Waals surface area contributed by atoms with Gasteiger partial charge in [-0.3, -0.25) is 4.79 Å². The van der Waals surface area contributed by atoms with Crippen LogP contribution in [0.15, 0.2) is 54.6 Å². The number of carbonyl (C=O) groups is 2. The van der Waals surface area contributed by atoms with E-state index in [1.54, 1.807) is 12.1 Å². The van der Waals surface area contributed by atoms with Gasteiger partial charge in [-0.15, -0.1) is 0 Å². The predicted octanol–water partition coefficient (Wildman–Crippen LogP) is 3.59. The summed E-state index contributed by atoms with van der Waals surface area (Å²) >= 11 is 0. The fourth-order valence-electron chi connectivity index (χ4n) is 4.86. The molecule has 2 aromatic carbocycles. The highest BCUT2D eigenvalue weighted by molar-refractivity contribution is 5.85. The molecule has 4 rings (SSSR count). The monoisotopic (exact) mass is 421 g/mol. The van der Waals surface area contributed by atoms with Crippen molar-refractivity contribution in [3.05, 3.63) is 65.7 Å². The molecule has 2 amide bonds. The third-order valence-corrected chi connectivity index (χ3v) is 6.71. The molecule has 2 aliphatic rings. The molecule has 2 heterocycles. The Morgan fingerprint density at radius 3 is 2.29 bits per heavy atom. The summed E-state index contributed by atoms with van der Waals surface area (Å²) in [6, 6.07) is 17.8. The first-order valence-corrected chi connectivity index (χ1v) is 11.2. The number of piperidine rings is 1. The number of likely N-dealkylation sites (tertiary alicyclic amines) is 2. The maximum atomic E-state index is 13.2. The number of rotatable bonds is 7. The average Bonchev–Trinajstić information content (AvgIpc) is 3.07. The molecule has 164 valence electrons. The number of amides is 2. The van der Waals surface area contributed by atoms with Crippen LogP contribution >= 0.6 is 0 Å². The van der Waals surface area contributed by atoms with E-state index in [1.807, 2.05) is 17.0 Å². The molecule has 0 radical (unpaired) electrons. The second-order valence-electron chi connectivity index (χ2n) is 8.75. The van der Waals surface area contributed by atoms with Crippen molar-refractivity contribution in [2.75, 3.05) is 26.2 Å². The Balaban J connectivity index is 1.24. The van der Waals surface area contributed by atoms with E-state index in [9.17, 15) is 9.59 Å². The van der Waals surface area contributed by atoms with Crippen molar-refractivity contribution in [3.8, 4) is 5.75 Å². The smallest absolute Gasteiger partial charge is 0.409 e. The van der Waals surface area contributed by atoms with E-state index >= 15 is 0 Å². The summed E-state index contributed by atoms with van der Waals surface area (Å²) in [6.07, 6.45) is 4.31. The Labute approximate surface area is 184 Å². The van der Waals surface area contributed by atoms with Gasteiger partial charge in [0.2, 0.25) is 5.91 Å². The molecule has 0 saturated carbocycles. The van der Waals surface area contributed by atoms with E-state index in [0.717, 1.165) is 63.8 Å². The summed E-state index contributed by atoms with van der Waals surface area (Å²) in [5.41, 5.74) is 7.29. The van der Waals surface area contributed by atoms with Crippen molar-refractivity contribution in [2.24, 2.45) is 11.1 Å². The standard InChI is InChI=1S/C25H31N3O3/c26-24(30)31-22-10-8-21(9-11-22)19-28-18-14-25(23(28)29)12-16-27(17-13-25)15-4-7-20-5-2-1-3-6-20/h1-3,5-6,8-11H,4,7,12-19H2,(H2,26,30). The van der Waals surface area contributed by atoms with Crippen molar-refractivity contribution < 1.29 is 14.3 Å². The van der Waals surface area contributed by atoms with Gasteiger partial charge >= 0.3 is 6.09 Å². The highest BCUT2D eigenvalue weighted by Crippen LogP contribution is 2.42. The Morgan fingerprint density at radius 2 is 1.61 bits per heavy atom. The Hall–Kier alpha value is -2.86. The second-order valence-corrected chi connectivity index (χ2v) is 8.75. The predicted molar refractivity (Wildman–Crippen MR) is 120 cm³/mol. The first-order chi connectivity index (χ1) is 15.0. The lowest BCUT2D eigenvalue weighted by atomic mass is 9.77. The Bertz CT molecular complexity index is 890. The first-order valence-electron chi connectivity index (χ1n) is 11.2. The minimum absolute atomic E-state index is 0.176. The van der Waals surface area contributed by atoms with E-state index in [0.29, 0.717) is 18.2 Å². The van der Waals surface area contributed by atoms with Crippen LogP contribution in [0, 0.1) is 5.41 Å². The van der Waals surface area contributed by atoms with Crippen LogP contribution in [0.25, 0.3) is 0 Å². The first kappa shape index (κ1) is 21.4. The van der Waals surface area contributed by atoms with Gasteiger partial charge in [-0.1, -0.05) is 42.5 Å². The molecular formula is C25H31N3O3. The maximum absolute atomic E-state index is 13.2. The summed E-state index contributed by atoms with van der Waals surface area (Å²) in [6.45, 7) is 4.52. The van der Waals surface area contributed by atoms with E-state index in [2.05, 4.69) is 35.2 Å². The van der Waals surface area contributed by atoms with Gasteiger partial charge in [0.1, 0.15) is 5.75 Å². The Morgan fingerprint density at radius 1 is 0.935 bits per heavy atom. The van der Waals surface area contributed by atoms with Gasteiger partial charge in [0.25, 0.3) is 0 Å². The van der Waals surface area contributed by atoms with Gasteiger partial charge in [-0.05, 0) is 75.0 Å². The SMILES string of the molecule is NC(=O)Oc1ccc(CN2CCC3(CCN(CCCc4ccccc4)CC3)C2=O)cc1. The minimum atomic E-state index is -0.823. The number of nitrogens with zero attached hydrogens (tertiary/aromatic N) is 2. The van der Waals surface area contributed by atoms with Crippen LogP contribution in [0.5, 0.6) is 5.75 Å². The largest absolute Gasteiger partial charge is 0.411 e. The van der Waals surface area contributed by atoms with Crippen LogP contribution in [0.1, 0.15) is 36.8 Å². The molecule has 1 spiro atoms. The highest BCUT2D eigenvalue weighted by atomic mass is 16.5. The molecule has 2 saturated heterocycles. The lowest BCUT2D eigenvalue weighted by Crippen LogP contribution is -2.44. The topological polar surface area (TPSA) is 75.9 Å². The molecule has 2 fully saturated rings. The molecule has 2 aliphatic heterocycles. The van der Waals surface area contributed by atoms with Gasteiger partial charge in [-0.2, -0.15) is 0 Å². The number of primary amides is 1. The molecule has 0 aliphatic carbocycles. The molecule has 2 aromatic rings. The normalized spacial score (nSPS) is 18.5. The molecule has 31 heavy (non-hydrogen) atoms. The number of aryl methyl sites for hydroxylation is 1. The zero-order valence-electron chi connectivity index (χ0n) is 18.0. The van der Waals surface area contributed by atoms with Crippen molar-refractivity contribution in [3.63, 3.8) is 0 Å². The molecule has 0 aromatic heterocycles. The zero-order chi connectivity index (χ0) is 21.7. The van der Waals surface area contributed by atoms with Crippen LogP contribution in [-0.4, -0.2) is 48.0 Å². The van der Waals surface area contributed by atoms with Crippen LogP contribution < -0.4 is 10.5 Å². The number of hydrogen-bond donors (Lipinski definition) is 1. The van der Waals surface area contributed by atoms with Gasteiger partial charge in [0.15, 0.2) is 0 Å². The van der Waals surface area contributed by atoms with Crippen molar-refractivity contribution in [1.29, 1.82) is 0 Å². The van der Waals surface area contributed by atoms with Crippen molar-refractivity contribution in [1.82, 2.24) is 9.80 Å². The molecule has 2 N–H and O–H groups in total. The molecule has 0 atom stereocenters. The lowest BCUT2D eigenvalue weighted by Gasteiger charge is -2.38. The molecular weight excluding hydrogens is 390 g/mol. The molecule has 6 heteroatoms.